The molecule has 27 heavy (non-hydrogen) atoms. The summed E-state index contributed by atoms with van der Waals surface area (Å²) in [5.74, 6) is 0.895. The van der Waals surface area contributed by atoms with Gasteiger partial charge in [-0.1, -0.05) is 0 Å². The van der Waals surface area contributed by atoms with E-state index in [1.807, 2.05) is 39.0 Å². The van der Waals surface area contributed by atoms with Crippen LogP contribution in [0, 0.1) is 20.8 Å². The first-order chi connectivity index (χ1) is 13.1. The van der Waals surface area contributed by atoms with Crippen LogP contribution in [0.2, 0.25) is 0 Å². The molecule has 1 N–H and O–H groups in total. The van der Waals surface area contributed by atoms with Crippen molar-refractivity contribution in [3.63, 3.8) is 0 Å². The molecule has 0 fully saturated rings. The summed E-state index contributed by atoms with van der Waals surface area (Å²) >= 11 is 0. The molecule has 0 radical (unpaired) electrons. The van der Waals surface area contributed by atoms with Gasteiger partial charge in [0.25, 0.3) is 0 Å². The molecule has 4 heterocycles. The van der Waals surface area contributed by atoms with Crippen molar-refractivity contribution in [2.24, 2.45) is 0 Å². The van der Waals surface area contributed by atoms with E-state index in [1.165, 1.54) is 0 Å². The van der Waals surface area contributed by atoms with Gasteiger partial charge in [0.2, 0.25) is 0 Å². The summed E-state index contributed by atoms with van der Waals surface area (Å²) in [6, 6.07) is 14.3. The van der Waals surface area contributed by atoms with Crippen LogP contribution in [-0.4, -0.2) is 29.5 Å². The maximum absolute atomic E-state index is 4.94. The SMILES string of the molecule is Cc1cc(-c2ccc3nc(C)n(-c4ccc5[nH]cnc5c4)c3n2)cc(C)n1. The maximum atomic E-state index is 4.94. The Balaban J connectivity index is 1.73. The number of aryl methyl sites for hydroxylation is 3. The molecule has 6 heteroatoms. The molecule has 0 atom stereocenters. The summed E-state index contributed by atoms with van der Waals surface area (Å²) in [7, 11) is 0. The summed E-state index contributed by atoms with van der Waals surface area (Å²) in [4.78, 5) is 21.6. The molecule has 0 aliphatic carbocycles. The fourth-order valence-electron chi connectivity index (χ4n) is 3.58. The Labute approximate surface area is 156 Å². The van der Waals surface area contributed by atoms with Crippen LogP contribution in [0.5, 0.6) is 0 Å². The molecule has 5 rings (SSSR count). The highest BCUT2D eigenvalue weighted by Gasteiger charge is 2.13. The quantitative estimate of drug-likeness (QED) is 0.513. The summed E-state index contributed by atoms with van der Waals surface area (Å²) < 4.78 is 2.08. The number of imidazole rings is 2. The van der Waals surface area contributed by atoms with Crippen LogP contribution in [0.3, 0.4) is 0 Å². The molecule has 5 aromatic rings. The number of rotatable bonds is 2. The molecule has 1 aromatic carbocycles. The van der Waals surface area contributed by atoms with Gasteiger partial charge in [0.15, 0.2) is 5.65 Å². The third kappa shape index (κ3) is 2.57. The molecule has 0 aliphatic rings. The van der Waals surface area contributed by atoms with Crippen molar-refractivity contribution in [2.75, 3.05) is 0 Å². The zero-order valence-electron chi connectivity index (χ0n) is 15.4. The van der Waals surface area contributed by atoms with E-state index in [9.17, 15) is 0 Å². The van der Waals surface area contributed by atoms with Crippen LogP contribution in [0.4, 0.5) is 0 Å². The fraction of sp³-hybridized carbons (Fsp3) is 0.143. The number of nitrogens with one attached hydrogen (secondary N) is 1. The van der Waals surface area contributed by atoms with Gasteiger partial charge in [-0.05, 0) is 63.2 Å². The second-order valence-corrected chi connectivity index (χ2v) is 6.78. The summed E-state index contributed by atoms with van der Waals surface area (Å²) in [6.45, 7) is 6.00. The van der Waals surface area contributed by atoms with E-state index in [2.05, 4.69) is 48.8 Å². The van der Waals surface area contributed by atoms with Gasteiger partial charge in [0, 0.05) is 17.0 Å². The van der Waals surface area contributed by atoms with Gasteiger partial charge in [-0.3, -0.25) is 9.55 Å². The Bertz CT molecular complexity index is 1290. The topological polar surface area (TPSA) is 72.3 Å². The van der Waals surface area contributed by atoms with E-state index in [4.69, 9.17) is 4.98 Å². The van der Waals surface area contributed by atoms with Crippen LogP contribution in [0.1, 0.15) is 17.2 Å². The normalized spacial score (nSPS) is 11.5. The van der Waals surface area contributed by atoms with Crippen LogP contribution < -0.4 is 0 Å². The predicted octanol–water partition coefficient (Wildman–Crippen LogP) is 4.28. The molecule has 4 aromatic heterocycles. The fourth-order valence-corrected chi connectivity index (χ4v) is 3.58. The Morgan fingerprint density at radius 2 is 1.63 bits per heavy atom. The molecule has 0 bridgehead atoms. The zero-order valence-corrected chi connectivity index (χ0v) is 15.4. The monoisotopic (exact) mass is 354 g/mol. The molecule has 0 aliphatic heterocycles. The van der Waals surface area contributed by atoms with Gasteiger partial charge in [-0.15, -0.1) is 0 Å². The van der Waals surface area contributed by atoms with Gasteiger partial charge in [-0.2, -0.15) is 0 Å². The van der Waals surface area contributed by atoms with Crippen molar-refractivity contribution >= 4 is 22.2 Å². The van der Waals surface area contributed by atoms with E-state index in [0.29, 0.717) is 0 Å². The molecule has 0 spiro atoms. The van der Waals surface area contributed by atoms with Crippen molar-refractivity contribution in [3.8, 4) is 16.9 Å². The number of pyridine rings is 2. The summed E-state index contributed by atoms with van der Waals surface area (Å²) in [6.07, 6.45) is 1.71. The van der Waals surface area contributed by atoms with E-state index >= 15 is 0 Å². The third-order valence-corrected chi connectivity index (χ3v) is 4.71. The Morgan fingerprint density at radius 1 is 0.815 bits per heavy atom. The second-order valence-electron chi connectivity index (χ2n) is 6.78. The summed E-state index contributed by atoms with van der Waals surface area (Å²) in [5, 5.41) is 0. The Hall–Kier alpha value is -3.54. The van der Waals surface area contributed by atoms with Crippen molar-refractivity contribution in [1.82, 2.24) is 29.5 Å². The first-order valence-corrected chi connectivity index (χ1v) is 8.84. The highest BCUT2D eigenvalue weighted by Crippen LogP contribution is 2.26. The molecule has 0 saturated heterocycles. The minimum atomic E-state index is 0.840. The minimum Gasteiger partial charge on any atom is -0.345 e. The molecular weight excluding hydrogens is 336 g/mol. The number of hydrogen-bond acceptors (Lipinski definition) is 4. The molecule has 0 saturated carbocycles. The number of benzene rings is 1. The van der Waals surface area contributed by atoms with Gasteiger partial charge in [0.1, 0.15) is 11.3 Å². The van der Waals surface area contributed by atoms with Crippen molar-refractivity contribution in [1.29, 1.82) is 0 Å². The van der Waals surface area contributed by atoms with Crippen molar-refractivity contribution in [3.05, 3.63) is 66.0 Å². The van der Waals surface area contributed by atoms with Crippen molar-refractivity contribution < 1.29 is 0 Å². The number of aromatic nitrogens is 6. The lowest BCUT2D eigenvalue weighted by atomic mass is 10.1. The number of aromatic amines is 1. The molecule has 132 valence electrons. The Kier molecular flexibility index (Phi) is 3.33. The molecule has 0 amide bonds. The largest absolute Gasteiger partial charge is 0.345 e. The Morgan fingerprint density at radius 3 is 2.44 bits per heavy atom. The van der Waals surface area contributed by atoms with E-state index < -0.39 is 0 Å². The van der Waals surface area contributed by atoms with Crippen LogP contribution in [0.25, 0.3) is 39.1 Å². The van der Waals surface area contributed by atoms with Gasteiger partial charge >= 0.3 is 0 Å². The maximum Gasteiger partial charge on any atom is 0.165 e. The number of nitrogens with zero attached hydrogens (tertiary/aromatic N) is 5. The number of fused-ring (bicyclic) bond motifs is 2. The lowest BCUT2D eigenvalue weighted by Crippen LogP contribution is -1.99. The second kappa shape index (κ2) is 5.74. The lowest BCUT2D eigenvalue weighted by Gasteiger charge is -2.08. The minimum absolute atomic E-state index is 0.840. The third-order valence-electron chi connectivity index (χ3n) is 4.71. The highest BCUT2D eigenvalue weighted by atomic mass is 15.1. The van der Waals surface area contributed by atoms with Gasteiger partial charge in [0.05, 0.1) is 28.7 Å². The standard InChI is InChI=1S/C21H18N6/c1-12-8-15(9-13(2)24-12)17-6-7-19-21(26-17)27(14(3)25-19)16-4-5-18-20(10-16)23-11-22-18/h4-11H,1-3H3,(H,22,23). The highest BCUT2D eigenvalue weighted by molar-refractivity contribution is 5.81. The first-order valence-electron chi connectivity index (χ1n) is 8.84. The number of hydrogen-bond donors (Lipinski definition) is 1. The van der Waals surface area contributed by atoms with Crippen molar-refractivity contribution in [2.45, 2.75) is 20.8 Å². The molecule has 6 nitrogen and oxygen atoms in total. The smallest absolute Gasteiger partial charge is 0.165 e. The predicted molar refractivity (Wildman–Crippen MR) is 106 cm³/mol. The first kappa shape index (κ1) is 15.7. The van der Waals surface area contributed by atoms with Crippen LogP contribution in [0.15, 0.2) is 48.8 Å². The van der Waals surface area contributed by atoms with E-state index in [0.717, 1.165) is 56.4 Å². The lowest BCUT2D eigenvalue weighted by molar-refractivity contribution is 0.989. The average Bonchev–Trinajstić information content (AvgIpc) is 3.22. The number of H-pyrrole nitrogens is 1. The zero-order chi connectivity index (χ0) is 18.5. The van der Waals surface area contributed by atoms with E-state index in [-0.39, 0.29) is 0 Å². The van der Waals surface area contributed by atoms with E-state index in [1.54, 1.807) is 6.33 Å². The summed E-state index contributed by atoms with van der Waals surface area (Å²) in [5.41, 5.74) is 8.60. The van der Waals surface area contributed by atoms with Crippen LogP contribution in [-0.2, 0) is 0 Å². The van der Waals surface area contributed by atoms with Gasteiger partial charge < -0.3 is 4.98 Å². The molecular formula is C21H18N6. The average molecular weight is 354 g/mol. The molecule has 0 unspecified atom stereocenters. The van der Waals surface area contributed by atoms with Crippen LogP contribution >= 0.6 is 0 Å². The van der Waals surface area contributed by atoms with Gasteiger partial charge in [-0.25, -0.2) is 15.0 Å².